The Labute approximate surface area is 106 Å². The summed E-state index contributed by atoms with van der Waals surface area (Å²) in [6, 6.07) is 5.21. The van der Waals surface area contributed by atoms with Crippen molar-refractivity contribution in [1.82, 2.24) is 0 Å². The lowest BCUT2D eigenvalue weighted by Crippen LogP contribution is -2.14. The minimum atomic E-state index is -0.407. The molecule has 1 rings (SSSR count). The highest BCUT2D eigenvalue weighted by molar-refractivity contribution is 5.71. The predicted octanol–water partition coefficient (Wildman–Crippen LogP) is 1.17. The Kier molecular flexibility index (Phi) is 6.00. The molecule has 0 amide bonds. The van der Waals surface area contributed by atoms with E-state index in [9.17, 15) is 4.79 Å². The zero-order chi connectivity index (χ0) is 13.4. The summed E-state index contributed by atoms with van der Waals surface area (Å²) in [5.41, 5.74) is 0.892. The number of carbonyl (C=O) groups is 1. The monoisotopic (exact) mass is 254 g/mol. The molecule has 1 aromatic rings. The first kappa shape index (κ1) is 14.3. The summed E-state index contributed by atoms with van der Waals surface area (Å²) in [4.78, 5) is 11.1. The topological polar surface area (TPSA) is 65.0 Å². The highest BCUT2D eigenvalue weighted by atomic mass is 16.6. The second-order valence-corrected chi connectivity index (χ2v) is 3.54. The van der Waals surface area contributed by atoms with Gasteiger partial charge < -0.3 is 19.3 Å². The Morgan fingerprint density at radius 2 is 2.17 bits per heavy atom. The van der Waals surface area contributed by atoms with Crippen molar-refractivity contribution in [2.45, 2.75) is 13.3 Å². The predicted molar refractivity (Wildman–Crippen MR) is 65.9 cm³/mol. The third-order valence-corrected chi connectivity index (χ3v) is 2.30. The molecule has 5 heteroatoms. The number of methoxy groups -OCH3 is 1. The second kappa shape index (κ2) is 7.55. The number of hydrogen-bond acceptors (Lipinski definition) is 5. The van der Waals surface area contributed by atoms with Gasteiger partial charge in [0.05, 0.1) is 13.7 Å². The number of hydrogen-bond donors (Lipinski definition) is 1. The van der Waals surface area contributed by atoms with Gasteiger partial charge in [0.25, 0.3) is 0 Å². The van der Waals surface area contributed by atoms with Gasteiger partial charge in [0, 0.05) is 12.7 Å². The van der Waals surface area contributed by atoms with Crippen LogP contribution in [0.4, 0.5) is 0 Å². The maximum atomic E-state index is 11.1. The van der Waals surface area contributed by atoms with Crippen LogP contribution in [-0.2, 0) is 16.0 Å². The van der Waals surface area contributed by atoms with Crippen molar-refractivity contribution in [3.05, 3.63) is 23.8 Å². The van der Waals surface area contributed by atoms with Crippen LogP contribution in [0, 0.1) is 0 Å². The van der Waals surface area contributed by atoms with E-state index in [2.05, 4.69) is 0 Å². The molecule has 1 aromatic carbocycles. The second-order valence-electron chi connectivity index (χ2n) is 3.54. The van der Waals surface area contributed by atoms with Crippen LogP contribution in [0.1, 0.15) is 12.5 Å². The summed E-state index contributed by atoms with van der Waals surface area (Å²) >= 11 is 0. The van der Waals surface area contributed by atoms with E-state index >= 15 is 0 Å². The molecule has 0 aliphatic rings. The third kappa shape index (κ3) is 4.25. The van der Waals surface area contributed by atoms with E-state index in [-0.39, 0.29) is 13.2 Å². The van der Waals surface area contributed by atoms with Crippen LogP contribution in [0.5, 0.6) is 11.5 Å². The highest BCUT2D eigenvalue weighted by Crippen LogP contribution is 2.25. The van der Waals surface area contributed by atoms with Crippen molar-refractivity contribution >= 4 is 5.97 Å². The largest absolute Gasteiger partial charge is 0.496 e. The van der Waals surface area contributed by atoms with Gasteiger partial charge in [0.15, 0.2) is 6.61 Å². The number of aliphatic hydroxyl groups excluding tert-OH is 1. The first-order chi connectivity index (χ1) is 8.71. The quantitative estimate of drug-likeness (QED) is 0.740. The number of ether oxygens (including phenoxy) is 3. The van der Waals surface area contributed by atoms with E-state index in [0.29, 0.717) is 24.5 Å². The van der Waals surface area contributed by atoms with E-state index < -0.39 is 5.97 Å². The Morgan fingerprint density at radius 3 is 2.78 bits per heavy atom. The van der Waals surface area contributed by atoms with Crippen LogP contribution in [0.15, 0.2) is 18.2 Å². The van der Waals surface area contributed by atoms with Crippen LogP contribution >= 0.6 is 0 Å². The fourth-order valence-corrected chi connectivity index (χ4v) is 1.49. The molecule has 0 radical (unpaired) electrons. The number of aliphatic hydroxyl groups is 1. The van der Waals surface area contributed by atoms with Gasteiger partial charge in [-0.25, -0.2) is 4.79 Å². The van der Waals surface area contributed by atoms with E-state index in [0.717, 1.165) is 5.56 Å². The van der Waals surface area contributed by atoms with Crippen molar-refractivity contribution in [3.8, 4) is 11.5 Å². The van der Waals surface area contributed by atoms with Gasteiger partial charge in [-0.05, 0) is 25.0 Å². The van der Waals surface area contributed by atoms with Crippen LogP contribution in [0.3, 0.4) is 0 Å². The van der Waals surface area contributed by atoms with Crippen molar-refractivity contribution in [2.24, 2.45) is 0 Å². The van der Waals surface area contributed by atoms with E-state index in [4.69, 9.17) is 19.3 Å². The number of benzene rings is 1. The molecule has 0 spiro atoms. The molecule has 0 saturated heterocycles. The standard InChI is InChI=1S/C13H18O5/c1-3-17-13(15)9-18-11-5-4-10(6-7-14)12(8-11)16-2/h4-5,8,14H,3,6-7,9H2,1-2H3. The lowest BCUT2D eigenvalue weighted by molar-refractivity contribution is -0.145. The minimum absolute atomic E-state index is 0.0550. The molecular weight excluding hydrogens is 236 g/mol. The van der Waals surface area contributed by atoms with Crippen molar-refractivity contribution in [3.63, 3.8) is 0 Å². The van der Waals surface area contributed by atoms with Crippen molar-refractivity contribution in [2.75, 3.05) is 26.9 Å². The summed E-state index contributed by atoms with van der Waals surface area (Å²) in [7, 11) is 1.55. The molecule has 18 heavy (non-hydrogen) atoms. The molecule has 1 N–H and O–H groups in total. The summed E-state index contributed by atoms with van der Waals surface area (Å²) in [5.74, 6) is 0.753. The van der Waals surface area contributed by atoms with E-state index in [1.165, 1.54) is 0 Å². The van der Waals surface area contributed by atoms with Crippen molar-refractivity contribution < 1.29 is 24.1 Å². The summed E-state index contributed by atoms with van der Waals surface area (Å²) in [6.45, 7) is 2.00. The fraction of sp³-hybridized carbons (Fsp3) is 0.462. The molecule has 0 aliphatic carbocycles. The lowest BCUT2D eigenvalue weighted by Gasteiger charge is -2.10. The first-order valence-corrected chi connectivity index (χ1v) is 5.77. The Morgan fingerprint density at radius 1 is 1.39 bits per heavy atom. The molecule has 0 atom stereocenters. The molecule has 5 nitrogen and oxygen atoms in total. The van der Waals surface area contributed by atoms with Gasteiger partial charge in [0.1, 0.15) is 11.5 Å². The molecule has 0 heterocycles. The summed E-state index contributed by atoms with van der Waals surface area (Å²) < 4.78 is 15.2. The van der Waals surface area contributed by atoms with Gasteiger partial charge in [-0.2, -0.15) is 0 Å². The normalized spacial score (nSPS) is 9.94. The highest BCUT2D eigenvalue weighted by Gasteiger charge is 2.07. The average Bonchev–Trinajstić information content (AvgIpc) is 2.38. The lowest BCUT2D eigenvalue weighted by atomic mass is 10.1. The zero-order valence-corrected chi connectivity index (χ0v) is 10.6. The van der Waals surface area contributed by atoms with Gasteiger partial charge in [-0.1, -0.05) is 6.07 Å². The number of esters is 1. The van der Waals surface area contributed by atoms with Gasteiger partial charge in [-0.15, -0.1) is 0 Å². The van der Waals surface area contributed by atoms with Gasteiger partial charge in [0.2, 0.25) is 0 Å². The molecule has 0 bridgehead atoms. The molecule has 0 fully saturated rings. The number of carbonyl (C=O) groups excluding carboxylic acids is 1. The van der Waals surface area contributed by atoms with Crippen molar-refractivity contribution in [1.29, 1.82) is 0 Å². The minimum Gasteiger partial charge on any atom is -0.496 e. The molecule has 0 aliphatic heterocycles. The zero-order valence-electron chi connectivity index (χ0n) is 10.6. The van der Waals surface area contributed by atoms with E-state index in [1.807, 2.05) is 0 Å². The van der Waals surface area contributed by atoms with Crippen LogP contribution in [0.25, 0.3) is 0 Å². The maximum Gasteiger partial charge on any atom is 0.344 e. The van der Waals surface area contributed by atoms with Crippen LogP contribution in [0.2, 0.25) is 0 Å². The molecule has 0 saturated carbocycles. The Hall–Kier alpha value is -1.75. The Bertz CT molecular complexity index is 389. The maximum absolute atomic E-state index is 11.1. The summed E-state index contributed by atoms with van der Waals surface area (Å²) in [6.07, 6.45) is 0.515. The number of rotatable bonds is 7. The average molecular weight is 254 g/mol. The molecular formula is C13H18O5. The molecule has 0 unspecified atom stereocenters. The third-order valence-electron chi connectivity index (χ3n) is 2.30. The fourth-order valence-electron chi connectivity index (χ4n) is 1.49. The molecule has 0 aromatic heterocycles. The van der Waals surface area contributed by atoms with E-state index in [1.54, 1.807) is 32.2 Å². The van der Waals surface area contributed by atoms with Crippen LogP contribution < -0.4 is 9.47 Å². The van der Waals surface area contributed by atoms with Gasteiger partial charge in [-0.3, -0.25) is 0 Å². The van der Waals surface area contributed by atoms with Crippen LogP contribution in [-0.4, -0.2) is 38.0 Å². The SMILES string of the molecule is CCOC(=O)COc1ccc(CCO)c(OC)c1. The Balaban J connectivity index is 2.64. The molecule has 100 valence electrons. The summed E-state index contributed by atoms with van der Waals surface area (Å²) in [5, 5.41) is 8.90. The van der Waals surface area contributed by atoms with Gasteiger partial charge >= 0.3 is 5.97 Å². The first-order valence-electron chi connectivity index (χ1n) is 5.77. The smallest absolute Gasteiger partial charge is 0.344 e.